The molecule has 2 nitrogen and oxygen atoms in total. The fourth-order valence-electron chi connectivity index (χ4n) is 6.24. The van der Waals surface area contributed by atoms with Crippen LogP contribution in [0.15, 0.2) is 146 Å². The number of nitrogens with zero attached hydrogens (tertiary/aromatic N) is 2. The van der Waals surface area contributed by atoms with Crippen molar-refractivity contribution >= 4 is 44.8 Å². The predicted molar refractivity (Wildman–Crippen MR) is 222 cm³/mol. The first-order chi connectivity index (χ1) is 25.8. The maximum Gasteiger partial charge on any atom is 0.0799 e. The summed E-state index contributed by atoms with van der Waals surface area (Å²) in [5, 5.41) is 3.66. The van der Waals surface area contributed by atoms with Gasteiger partial charge in [-0.15, -0.1) is 59.7 Å². The monoisotopic (exact) mass is 890 g/mol. The third-order valence-corrected chi connectivity index (χ3v) is 12.1. The molecule has 0 atom stereocenters. The Kier molecular flexibility index (Phi) is 10.5. The fraction of sp³-hybridized carbons (Fsp3) is 0.149. The van der Waals surface area contributed by atoms with Gasteiger partial charge in [0.05, 0.1) is 8.07 Å². The van der Waals surface area contributed by atoms with E-state index in [9.17, 15) is 0 Å². The van der Waals surface area contributed by atoms with E-state index >= 15 is 0 Å². The molecule has 0 N–H and O–H groups in total. The minimum atomic E-state index is -1.61. The van der Waals surface area contributed by atoms with Gasteiger partial charge in [0.15, 0.2) is 0 Å². The summed E-state index contributed by atoms with van der Waals surface area (Å²) < 4.78 is 28.3. The van der Waals surface area contributed by atoms with Crippen LogP contribution in [0.25, 0.3) is 53.8 Å². The molecule has 0 bridgehead atoms. The van der Waals surface area contributed by atoms with Gasteiger partial charge in [0, 0.05) is 41.3 Å². The summed E-state index contributed by atoms with van der Waals surface area (Å²) in [5.41, 5.74) is 8.24. The molecule has 0 aliphatic rings. The SMILES string of the molecule is [2H]C(C)(C)c1cc(-c2[c-]cccc2)ncc1[Si](C)(C)C.[2H]C([2H])(c1ccccc1)c1ccnc(-c2[c-]ccc3c2sc2cc(-c4ccccc4)ccc23)c1.[Ir]. The number of aromatic nitrogens is 2. The Morgan fingerprint density at radius 3 is 2.17 bits per heavy atom. The molecule has 1 radical (unpaired) electrons. The van der Waals surface area contributed by atoms with Crippen LogP contribution in [0.3, 0.4) is 0 Å². The zero-order chi connectivity index (χ0) is 38.1. The van der Waals surface area contributed by atoms with Crippen LogP contribution in [0.5, 0.6) is 0 Å². The molecule has 0 aliphatic heterocycles. The molecule has 5 heteroatoms. The summed E-state index contributed by atoms with van der Waals surface area (Å²) in [6.45, 7) is 10.8. The van der Waals surface area contributed by atoms with Crippen molar-refractivity contribution < 1.29 is 24.2 Å². The second-order valence-electron chi connectivity index (χ2n) is 13.8. The summed E-state index contributed by atoms with van der Waals surface area (Å²) in [5.74, 6) is -0.609. The molecule has 261 valence electrons. The normalized spacial score (nSPS) is 12.6. The first-order valence-electron chi connectivity index (χ1n) is 18.7. The molecule has 8 aromatic rings. The zero-order valence-corrected chi connectivity index (χ0v) is 34.2. The van der Waals surface area contributed by atoms with Crippen molar-refractivity contribution in [2.24, 2.45) is 0 Å². The Bertz CT molecular complexity index is 2550. The average molecular weight is 890 g/mol. The van der Waals surface area contributed by atoms with Crippen molar-refractivity contribution in [3.63, 3.8) is 0 Å². The van der Waals surface area contributed by atoms with Crippen LogP contribution < -0.4 is 5.19 Å². The van der Waals surface area contributed by atoms with Crippen molar-refractivity contribution in [3.8, 4) is 33.6 Å². The van der Waals surface area contributed by atoms with Gasteiger partial charge in [0.1, 0.15) is 0 Å². The van der Waals surface area contributed by atoms with Crippen molar-refractivity contribution in [2.75, 3.05) is 0 Å². The van der Waals surface area contributed by atoms with Gasteiger partial charge in [0.25, 0.3) is 0 Å². The van der Waals surface area contributed by atoms with Gasteiger partial charge < -0.3 is 9.97 Å². The van der Waals surface area contributed by atoms with E-state index < -0.39 is 20.3 Å². The van der Waals surface area contributed by atoms with E-state index in [1.807, 2.05) is 92.8 Å². The molecule has 0 saturated heterocycles. The minimum Gasteiger partial charge on any atom is -0.305 e. The molecule has 8 rings (SSSR count). The maximum absolute atomic E-state index is 8.75. The van der Waals surface area contributed by atoms with Crippen LogP contribution in [-0.4, -0.2) is 18.0 Å². The topological polar surface area (TPSA) is 25.8 Å². The van der Waals surface area contributed by atoms with Gasteiger partial charge in [-0.05, 0) is 73.3 Å². The van der Waals surface area contributed by atoms with E-state index in [-0.39, 0.29) is 20.1 Å². The molecular weight excluding hydrogens is 845 g/mol. The van der Waals surface area contributed by atoms with Crippen LogP contribution in [0.2, 0.25) is 19.6 Å². The smallest absolute Gasteiger partial charge is 0.0799 e. The van der Waals surface area contributed by atoms with Crippen molar-refractivity contribution in [1.82, 2.24) is 9.97 Å². The summed E-state index contributed by atoms with van der Waals surface area (Å²) in [6.07, 6.45) is 2.06. The van der Waals surface area contributed by atoms with E-state index in [2.05, 4.69) is 96.3 Å². The molecule has 5 aromatic carbocycles. The van der Waals surface area contributed by atoms with Crippen molar-refractivity contribution in [3.05, 3.63) is 175 Å². The van der Waals surface area contributed by atoms with E-state index in [1.165, 1.54) is 31.8 Å². The molecule has 0 spiro atoms. The van der Waals surface area contributed by atoms with E-state index in [4.69, 9.17) is 4.11 Å². The van der Waals surface area contributed by atoms with Gasteiger partial charge >= 0.3 is 0 Å². The molecule has 0 fully saturated rings. The number of thiophene rings is 1. The minimum absolute atomic E-state index is 0. The molecule has 0 saturated carbocycles. The Labute approximate surface area is 331 Å². The van der Waals surface area contributed by atoms with Gasteiger partial charge in [-0.3, -0.25) is 0 Å². The molecule has 0 aliphatic carbocycles. The maximum atomic E-state index is 8.75. The first kappa shape index (κ1) is 33.3. The molecule has 0 amide bonds. The van der Waals surface area contributed by atoms with Gasteiger partial charge in [-0.25, -0.2) is 0 Å². The average Bonchev–Trinajstić information content (AvgIpc) is 3.56. The van der Waals surface area contributed by atoms with Gasteiger partial charge in [-0.1, -0.05) is 129 Å². The van der Waals surface area contributed by atoms with Crippen LogP contribution >= 0.6 is 11.3 Å². The Morgan fingerprint density at radius 1 is 0.712 bits per heavy atom. The number of hydrogen-bond acceptors (Lipinski definition) is 3. The van der Waals surface area contributed by atoms with Gasteiger partial charge in [0.2, 0.25) is 0 Å². The standard InChI is InChI=1S/C30H20NS.C17H22NSi.Ir/c1-3-8-21(9-4-1)18-22-16-17-31-28(19-22)27-13-7-12-26-25-15-14-24(20-29(25)32-30(26)27)23-10-5-2-6-11-23;1-13(2)15-11-16(14-9-7-6-8-10-14)18-12-17(15)19(3,4)5;/h1-12,14-17,19-20H,18H2;6-9,11-13H,1-5H3;/q2*-1;/i18D2;13D;. The van der Waals surface area contributed by atoms with E-state index in [0.29, 0.717) is 11.1 Å². The van der Waals surface area contributed by atoms with Crippen LogP contribution in [0.4, 0.5) is 0 Å². The third kappa shape index (κ3) is 8.41. The number of hydrogen-bond donors (Lipinski definition) is 0. The summed E-state index contributed by atoms with van der Waals surface area (Å²) in [4.78, 5) is 9.22. The molecule has 3 heterocycles. The number of pyridine rings is 2. The zero-order valence-electron chi connectivity index (χ0n) is 33.0. The Morgan fingerprint density at radius 2 is 1.46 bits per heavy atom. The quantitative estimate of drug-likeness (QED) is 0.118. The summed E-state index contributed by atoms with van der Waals surface area (Å²) in [6, 6.07) is 50.5. The number of benzene rings is 5. The van der Waals surface area contributed by atoms with Crippen LogP contribution in [0.1, 0.15) is 40.5 Å². The molecule has 52 heavy (non-hydrogen) atoms. The van der Waals surface area contributed by atoms with Crippen LogP contribution in [-0.2, 0) is 26.5 Å². The Hall–Kier alpha value is -4.51. The van der Waals surface area contributed by atoms with E-state index in [0.717, 1.165) is 32.8 Å². The summed E-state index contributed by atoms with van der Waals surface area (Å²) in [7, 11) is -1.50. The van der Waals surface area contributed by atoms with E-state index in [1.54, 1.807) is 23.6 Å². The van der Waals surface area contributed by atoms with Crippen molar-refractivity contribution in [1.29, 1.82) is 0 Å². The second-order valence-corrected chi connectivity index (χ2v) is 19.9. The van der Waals surface area contributed by atoms with Crippen LogP contribution in [0, 0.1) is 12.1 Å². The third-order valence-electron chi connectivity index (χ3n) is 8.85. The predicted octanol–water partition coefficient (Wildman–Crippen LogP) is 12.4. The molecular formula is C47H42IrN2SSi-2. The molecule has 3 aromatic heterocycles. The number of fused-ring (bicyclic) bond motifs is 3. The summed E-state index contributed by atoms with van der Waals surface area (Å²) >= 11 is 1.74. The first-order valence-corrected chi connectivity index (χ1v) is 21.6. The molecule has 0 unspecified atom stereocenters. The second kappa shape index (κ2) is 16.4. The number of rotatable bonds is 7. The van der Waals surface area contributed by atoms with Crippen molar-refractivity contribution in [2.45, 2.75) is 45.8 Å². The van der Waals surface area contributed by atoms with Gasteiger partial charge in [-0.2, -0.15) is 11.3 Å². The fourth-order valence-corrected chi connectivity index (χ4v) is 9.07. The largest absolute Gasteiger partial charge is 0.305 e. The Balaban J connectivity index is 0.000000211.